The highest BCUT2D eigenvalue weighted by atomic mass is 32.2. The van der Waals surface area contributed by atoms with Crippen LogP contribution in [0.3, 0.4) is 0 Å². The molecule has 2 aromatic rings. The average molecular weight is 422 g/mol. The molecule has 1 fully saturated rings. The van der Waals surface area contributed by atoms with Crippen molar-refractivity contribution in [3.05, 3.63) is 81.9 Å². The van der Waals surface area contributed by atoms with Crippen LogP contribution in [-0.2, 0) is 14.3 Å². The summed E-state index contributed by atoms with van der Waals surface area (Å²) in [4.78, 5) is 24.8. The molecule has 1 heterocycles. The monoisotopic (exact) mass is 422 g/mol. The zero-order valence-corrected chi connectivity index (χ0v) is 17.3. The minimum atomic E-state index is -0.821. The van der Waals surface area contributed by atoms with Gasteiger partial charge in [-0.1, -0.05) is 18.2 Å². The van der Waals surface area contributed by atoms with E-state index in [4.69, 9.17) is 4.74 Å². The summed E-state index contributed by atoms with van der Waals surface area (Å²) >= 11 is 1.66. The van der Waals surface area contributed by atoms with Crippen molar-refractivity contribution in [1.29, 1.82) is 0 Å². The predicted molar refractivity (Wildman–Crippen MR) is 115 cm³/mol. The molecular weight excluding hydrogens is 403 g/mol. The molecule has 0 amide bonds. The molecule has 1 aliphatic carbocycles. The van der Waals surface area contributed by atoms with Gasteiger partial charge in [0.05, 0.1) is 0 Å². The molecule has 4 nitrogen and oxygen atoms in total. The van der Waals surface area contributed by atoms with Crippen molar-refractivity contribution in [3.8, 4) is 0 Å². The van der Waals surface area contributed by atoms with Gasteiger partial charge < -0.3 is 9.84 Å². The van der Waals surface area contributed by atoms with E-state index in [-0.39, 0.29) is 24.4 Å². The maximum Gasteiger partial charge on any atom is 0.345 e. The molecule has 0 atom stereocenters. The van der Waals surface area contributed by atoms with Gasteiger partial charge in [-0.2, -0.15) is 0 Å². The summed E-state index contributed by atoms with van der Waals surface area (Å²) < 4.78 is 18.7. The van der Waals surface area contributed by atoms with Crippen LogP contribution >= 0.6 is 11.8 Å². The third-order valence-electron chi connectivity index (χ3n) is 5.33. The van der Waals surface area contributed by atoms with E-state index in [1.165, 1.54) is 12.1 Å². The van der Waals surface area contributed by atoms with Crippen LogP contribution in [0.25, 0.3) is 17.2 Å². The third kappa shape index (κ3) is 3.59. The van der Waals surface area contributed by atoms with Crippen LogP contribution in [0.4, 0.5) is 4.39 Å². The van der Waals surface area contributed by atoms with Gasteiger partial charge in [0.1, 0.15) is 17.1 Å². The van der Waals surface area contributed by atoms with E-state index in [1.54, 1.807) is 17.8 Å². The Morgan fingerprint density at radius 3 is 2.53 bits per heavy atom. The van der Waals surface area contributed by atoms with Crippen molar-refractivity contribution in [2.75, 3.05) is 12.9 Å². The number of hydrogen-bond donors (Lipinski definition) is 1. The number of benzene rings is 2. The normalized spacial score (nSPS) is 18.8. The number of carbonyl (C=O) groups excluding carboxylic acids is 2. The number of aliphatic hydroxyl groups excluding tert-OH is 1. The number of ketones is 1. The minimum Gasteiger partial charge on any atom is -0.511 e. The molecule has 1 aliphatic heterocycles. The first kappa shape index (κ1) is 20.2. The summed E-state index contributed by atoms with van der Waals surface area (Å²) in [7, 11) is 0. The quantitative estimate of drug-likeness (QED) is 0.241. The minimum absolute atomic E-state index is 0.0544. The average Bonchev–Trinajstić information content (AvgIpc) is 3.19. The van der Waals surface area contributed by atoms with Crippen LogP contribution in [0.1, 0.15) is 30.0 Å². The van der Waals surface area contributed by atoms with E-state index in [2.05, 4.69) is 0 Å². The Bertz CT molecular complexity index is 1140. The topological polar surface area (TPSA) is 63.6 Å². The van der Waals surface area contributed by atoms with E-state index in [0.717, 1.165) is 27.2 Å². The van der Waals surface area contributed by atoms with E-state index in [1.807, 2.05) is 43.5 Å². The Balaban J connectivity index is 1.80. The first-order valence-corrected chi connectivity index (χ1v) is 10.6. The number of fused-ring (bicyclic) bond motifs is 1. The van der Waals surface area contributed by atoms with Gasteiger partial charge in [0.15, 0.2) is 6.61 Å². The highest BCUT2D eigenvalue weighted by Crippen LogP contribution is 2.45. The lowest BCUT2D eigenvalue weighted by molar-refractivity contribution is -0.135. The molecule has 152 valence electrons. The van der Waals surface area contributed by atoms with Gasteiger partial charge in [0.2, 0.25) is 5.78 Å². The highest BCUT2D eigenvalue weighted by molar-refractivity contribution is 7.98. The molecule has 0 spiro atoms. The van der Waals surface area contributed by atoms with Gasteiger partial charge in [-0.3, -0.25) is 4.79 Å². The maximum atomic E-state index is 14.0. The number of halogens is 1. The van der Waals surface area contributed by atoms with Gasteiger partial charge in [-0.05, 0) is 76.9 Å². The summed E-state index contributed by atoms with van der Waals surface area (Å²) in [6, 6.07) is 12.6. The number of esters is 1. The Morgan fingerprint density at radius 2 is 1.90 bits per heavy atom. The van der Waals surface area contributed by atoms with E-state index in [9.17, 15) is 19.1 Å². The smallest absolute Gasteiger partial charge is 0.345 e. The largest absolute Gasteiger partial charge is 0.511 e. The van der Waals surface area contributed by atoms with Crippen molar-refractivity contribution >= 4 is 40.7 Å². The fraction of sp³-hybridized carbons (Fsp3) is 0.167. The number of carbonyl (C=O) groups is 2. The summed E-state index contributed by atoms with van der Waals surface area (Å²) in [6.45, 7) is 1.53. The molecule has 2 aromatic carbocycles. The summed E-state index contributed by atoms with van der Waals surface area (Å²) in [5, 5.41) is 10.5. The Morgan fingerprint density at radius 1 is 1.17 bits per heavy atom. The van der Waals surface area contributed by atoms with Crippen LogP contribution in [0.5, 0.6) is 0 Å². The Hall–Kier alpha value is -3.12. The second-order valence-corrected chi connectivity index (χ2v) is 8.00. The predicted octanol–water partition coefficient (Wildman–Crippen LogP) is 5.20. The van der Waals surface area contributed by atoms with Crippen molar-refractivity contribution in [3.63, 3.8) is 0 Å². The lowest BCUT2D eigenvalue weighted by Gasteiger charge is -2.07. The second kappa shape index (κ2) is 7.95. The van der Waals surface area contributed by atoms with Gasteiger partial charge in [0.25, 0.3) is 0 Å². The van der Waals surface area contributed by atoms with Crippen molar-refractivity contribution in [2.45, 2.75) is 18.2 Å². The van der Waals surface area contributed by atoms with Crippen molar-refractivity contribution < 1.29 is 23.8 Å². The molecule has 6 heteroatoms. The molecule has 0 saturated carbocycles. The van der Waals surface area contributed by atoms with Crippen LogP contribution in [-0.4, -0.2) is 29.7 Å². The standard InChI is InChI=1S/C24H19FO4S/c1-13-18(9-14-3-6-16(30-2)7-4-14)17-8-5-15(25)10-20(17)19(13)11-21(26)23-22(27)12-29-24(23)28/h3-10,26H,11-12H2,1-2H3/b18-9-,23-21?. The fourth-order valence-electron chi connectivity index (χ4n) is 3.77. The van der Waals surface area contributed by atoms with Gasteiger partial charge in [-0.15, -0.1) is 11.8 Å². The van der Waals surface area contributed by atoms with Gasteiger partial charge in [0, 0.05) is 11.3 Å². The van der Waals surface area contributed by atoms with Crippen molar-refractivity contribution in [2.24, 2.45) is 0 Å². The Kier molecular flexibility index (Phi) is 5.35. The number of cyclic esters (lactones) is 1. The van der Waals surface area contributed by atoms with Crippen LogP contribution < -0.4 is 0 Å². The highest BCUT2D eigenvalue weighted by Gasteiger charge is 2.33. The molecule has 1 N–H and O–H groups in total. The lowest BCUT2D eigenvalue weighted by atomic mass is 9.99. The summed E-state index contributed by atoms with van der Waals surface area (Å²) in [5.74, 6) is -2.11. The van der Waals surface area contributed by atoms with Crippen molar-refractivity contribution in [1.82, 2.24) is 0 Å². The summed E-state index contributed by atoms with van der Waals surface area (Å²) in [5.41, 5.74) is 4.61. The molecule has 0 aromatic heterocycles. The van der Waals surface area contributed by atoms with Crippen LogP contribution in [0.15, 0.2) is 64.3 Å². The zero-order valence-electron chi connectivity index (χ0n) is 16.5. The third-order valence-corrected chi connectivity index (χ3v) is 6.07. The first-order valence-electron chi connectivity index (χ1n) is 9.37. The number of ether oxygens (including phenoxy) is 1. The summed E-state index contributed by atoms with van der Waals surface area (Å²) in [6.07, 6.45) is 3.98. The number of Topliss-reactive ketones (excluding diaryl/α,β-unsaturated/α-hetero) is 1. The SMILES string of the molecule is CSc1ccc(/C=C2/C(C)=C(CC(O)=C3C(=O)COC3=O)c3cc(F)ccc32)cc1. The van der Waals surface area contributed by atoms with Crippen LogP contribution in [0, 0.1) is 5.82 Å². The molecule has 0 bridgehead atoms. The number of allylic oxidation sites excluding steroid dienone is 3. The number of aliphatic hydroxyl groups is 1. The van der Waals surface area contributed by atoms with Gasteiger partial charge in [-0.25, -0.2) is 9.18 Å². The number of rotatable bonds is 4. The second-order valence-electron chi connectivity index (χ2n) is 7.12. The van der Waals surface area contributed by atoms with Crippen LogP contribution in [0.2, 0.25) is 0 Å². The van der Waals surface area contributed by atoms with Gasteiger partial charge >= 0.3 is 5.97 Å². The molecule has 4 rings (SSSR count). The number of thioether (sulfide) groups is 1. The maximum absolute atomic E-state index is 14.0. The van der Waals surface area contributed by atoms with E-state index < -0.39 is 17.6 Å². The Labute approximate surface area is 177 Å². The lowest BCUT2D eigenvalue weighted by Crippen LogP contribution is -2.06. The molecule has 30 heavy (non-hydrogen) atoms. The van der Waals surface area contributed by atoms with E-state index in [0.29, 0.717) is 11.1 Å². The fourth-order valence-corrected chi connectivity index (χ4v) is 4.18. The molecule has 1 saturated heterocycles. The first-order chi connectivity index (χ1) is 14.4. The number of hydrogen-bond acceptors (Lipinski definition) is 5. The van der Waals surface area contributed by atoms with E-state index >= 15 is 0 Å². The molecule has 0 radical (unpaired) electrons. The molecular formula is C24H19FO4S. The molecule has 0 unspecified atom stereocenters. The molecule has 2 aliphatic rings. The zero-order chi connectivity index (χ0) is 21.4.